The van der Waals surface area contributed by atoms with E-state index in [9.17, 15) is 23.1 Å². The van der Waals surface area contributed by atoms with Crippen molar-refractivity contribution in [3.63, 3.8) is 0 Å². The molecule has 0 fully saturated rings. The zero-order valence-electron chi connectivity index (χ0n) is 25.2. The molecule has 0 radical (unpaired) electrons. The second-order valence-corrected chi connectivity index (χ2v) is 11.0. The molecule has 3 aromatic rings. The summed E-state index contributed by atoms with van der Waals surface area (Å²) in [5.74, 6) is -0.317. The number of nitrogens with zero attached hydrogens (tertiary/aromatic N) is 1. The first-order valence-corrected chi connectivity index (χ1v) is 15.4. The number of halogens is 3. The third-order valence-corrected chi connectivity index (χ3v) is 7.61. The largest absolute Gasteiger partial charge is 0.481 e. The van der Waals surface area contributed by atoms with E-state index in [1.165, 1.54) is 19.3 Å². The SMILES string of the molecule is CCCCCCCOc1ccc(-c2cc(C(CCCOC(C)C(F)(F)F)CCCC(=O)O)ccc2-c2ccccc2)cn1. The van der Waals surface area contributed by atoms with Crippen molar-refractivity contribution in [1.29, 1.82) is 0 Å². The molecule has 5 nitrogen and oxygen atoms in total. The average molecular weight is 600 g/mol. The van der Waals surface area contributed by atoms with E-state index in [-0.39, 0.29) is 18.9 Å². The van der Waals surface area contributed by atoms with Crippen LogP contribution in [0.3, 0.4) is 0 Å². The number of carboxylic acids is 1. The van der Waals surface area contributed by atoms with E-state index in [1.807, 2.05) is 54.7 Å². The van der Waals surface area contributed by atoms with Crippen LogP contribution in [-0.4, -0.2) is 41.6 Å². The lowest BCUT2D eigenvalue weighted by atomic mass is 9.85. The lowest BCUT2D eigenvalue weighted by Crippen LogP contribution is -2.28. The number of carbonyl (C=O) groups is 1. The summed E-state index contributed by atoms with van der Waals surface area (Å²) in [6.45, 7) is 3.81. The average Bonchev–Trinajstić information content (AvgIpc) is 3.00. The van der Waals surface area contributed by atoms with Crippen LogP contribution in [0.15, 0.2) is 66.9 Å². The van der Waals surface area contributed by atoms with E-state index in [1.54, 1.807) is 0 Å². The highest BCUT2D eigenvalue weighted by molar-refractivity contribution is 5.83. The summed E-state index contributed by atoms with van der Waals surface area (Å²) < 4.78 is 49.5. The minimum absolute atomic E-state index is 0.0188. The number of alkyl halides is 3. The summed E-state index contributed by atoms with van der Waals surface area (Å²) in [7, 11) is 0. The predicted octanol–water partition coefficient (Wildman–Crippen LogP) is 9.85. The molecular weight excluding hydrogens is 555 g/mol. The van der Waals surface area contributed by atoms with Gasteiger partial charge in [-0.15, -0.1) is 0 Å². The van der Waals surface area contributed by atoms with Gasteiger partial charge in [-0.1, -0.05) is 81.1 Å². The van der Waals surface area contributed by atoms with E-state index < -0.39 is 18.2 Å². The molecule has 1 heterocycles. The summed E-state index contributed by atoms with van der Waals surface area (Å²) >= 11 is 0. The van der Waals surface area contributed by atoms with E-state index in [4.69, 9.17) is 9.47 Å². The zero-order valence-corrected chi connectivity index (χ0v) is 25.2. The summed E-state index contributed by atoms with van der Waals surface area (Å²) in [5.41, 5.74) is 4.99. The van der Waals surface area contributed by atoms with Gasteiger partial charge in [-0.05, 0) is 73.3 Å². The Morgan fingerprint density at radius 3 is 2.28 bits per heavy atom. The topological polar surface area (TPSA) is 68.7 Å². The van der Waals surface area contributed by atoms with Crippen LogP contribution in [0.1, 0.15) is 89.5 Å². The van der Waals surface area contributed by atoms with Gasteiger partial charge in [-0.3, -0.25) is 4.79 Å². The predicted molar refractivity (Wildman–Crippen MR) is 164 cm³/mol. The molecule has 0 aliphatic rings. The minimum atomic E-state index is -4.40. The first-order chi connectivity index (χ1) is 20.7. The third-order valence-electron chi connectivity index (χ3n) is 7.61. The smallest absolute Gasteiger partial charge is 0.414 e. The van der Waals surface area contributed by atoms with Crippen molar-refractivity contribution in [2.75, 3.05) is 13.2 Å². The Kier molecular flexibility index (Phi) is 14.0. The van der Waals surface area contributed by atoms with Crippen LogP contribution >= 0.6 is 0 Å². The van der Waals surface area contributed by atoms with Crippen LogP contribution in [-0.2, 0) is 9.53 Å². The molecule has 0 aliphatic heterocycles. The Morgan fingerprint density at radius 2 is 1.60 bits per heavy atom. The van der Waals surface area contributed by atoms with Gasteiger partial charge in [0.05, 0.1) is 6.61 Å². The number of unbranched alkanes of at least 4 members (excludes halogenated alkanes) is 4. The lowest BCUT2D eigenvalue weighted by molar-refractivity contribution is -0.214. The van der Waals surface area contributed by atoms with Crippen molar-refractivity contribution >= 4 is 5.97 Å². The van der Waals surface area contributed by atoms with Gasteiger partial charge in [-0.25, -0.2) is 4.98 Å². The van der Waals surface area contributed by atoms with Crippen molar-refractivity contribution in [3.05, 3.63) is 72.4 Å². The molecule has 1 aromatic heterocycles. The molecule has 1 N–H and O–H groups in total. The maximum atomic E-state index is 12.9. The first kappa shape index (κ1) is 34.1. The molecule has 0 saturated heterocycles. The van der Waals surface area contributed by atoms with Crippen molar-refractivity contribution in [3.8, 4) is 28.1 Å². The lowest BCUT2D eigenvalue weighted by Gasteiger charge is -2.21. The van der Waals surface area contributed by atoms with Crippen LogP contribution in [0.25, 0.3) is 22.3 Å². The van der Waals surface area contributed by atoms with Crippen LogP contribution < -0.4 is 4.74 Å². The molecule has 43 heavy (non-hydrogen) atoms. The van der Waals surface area contributed by atoms with Crippen LogP contribution in [0.5, 0.6) is 5.88 Å². The number of ether oxygens (including phenoxy) is 2. The van der Waals surface area contributed by atoms with Crippen LogP contribution in [0, 0.1) is 0 Å². The van der Waals surface area contributed by atoms with Crippen LogP contribution in [0.2, 0.25) is 0 Å². The Bertz CT molecular complexity index is 1230. The molecule has 2 unspecified atom stereocenters. The number of aromatic nitrogens is 1. The van der Waals surface area contributed by atoms with Crippen LogP contribution in [0.4, 0.5) is 13.2 Å². The highest BCUT2D eigenvalue weighted by Gasteiger charge is 2.36. The fourth-order valence-corrected chi connectivity index (χ4v) is 5.09. The maximum absolute atomic E-state index is 12.9. The van der Waals surface area contributed by atoms with Crippen molar-refractivity contribution in [1.82, 2.24) is 4.98 Å². The fourth-order valence-electron chi connectivity index (χ4n) is 5.09. The number of benzene rings is 2. The molecule has 3 rings (SSSR count). The number of hydrogen-bond acceptors (Lipinski definition) is 4. The van der Waals surface area contributed by atoms with E-state index in [2.05, 4.69) is 24.0 Å². The van der Waals surface area contributed by atoms with Gasteiger partial charge in [0.1, 0.15) is 0 Å². The number of aliphatic carboxylic acids is 1. The Labute approximate surface area is 253 Å². The van der Waals surface area contributed by atoms with E-state index in [0.717, 1.165) is 47.6 Å². The quantitative estimate of drug-likeness (QED) is 0.139. The maximum Gasteiger partial charge on any atom is 0.414 e. The summed E-state index contributed by atoms with van der Waals surface area (Å²) in [4.78, 5) is 15.8. The second kappa shape index (κ2) is 17.7. The number of pyridine rings is 1. The van der Waals surface area contributed by atoms with E-state index in [0.29, 0.717) is 38.2 Å². The highest BCUT2D eigenvalue weighted by Crippen LogP contribution is 2.37. The molecule has 0 bridgehead atoms. The molecule has 0 amide bonds. The monoisotopic (exact) mass is 599 g/mol. The van der Waals surface area contributed by atoms with Crippen molar-refractivity contribution in [2.45, 2.75) is 96.3 Å². The van der Waals surface area contributed by atoms with Gasteiger partial charge >= 0.3 is 12.1 Å². The molecule has 0 saturated carbocycles. The van der Waals surface area contributed by atoms with Crippen molar-refractivity contribution < 1.29 is 32.5 Å². The first-order valence-electron chi connectivity index (χ1n) is 15.4. The van der Waals surface area contributed by atoms with Gasteiger partial charge in [0, 0.05) is 30.9 Å². The molecular formula is C35H44F3NO4. The minimum Gasteiger partial charge on any atom is -0.481 e. The molecule has 2 atom stereocenters. The third kappa shape index (κ3) is 11.7. The number of hydrogen-bond donors (Lipinski definition) is 1. The van der Waals surface area contributed by atoms with Crippen molar-refractivity contribution in [2.24, 2.45) is 0 Å². The Hall–Kier alpha value is -3.39. The molecule has 234 valence electrons. The summed E-state index contributed by atoms with van der Waals surface area (Å²) in [6.07, 6.45) is 3.50. The number of carboxylic acid groups (broad SMARTS) is 1. The molecule has 2 aromatic carbocycles. The van der Waals surface area contributed by atoms with E-state index >= 15 is 0 Å². The summed E-state index contributed by atoms with van der Waals surface area (Å²) in [6, 6.07) is 20.1. The normalized spacial score (nSPS) is 13.0. The van der Waals surface area contributed by atoms with Gasteiger partial charge in [0.15, 0.2) is 6.10 Å². The zero-order chi connectivity index (χ0) is 31.1. The van der Waals surface area contributed by atoms with Gasteiger partial charge in [0.25, 0.3) is 0 Å². The molecule has 8 heteroatoms. The highest BCUT2D eigenvalue weighted by atomic mass is 19.4. The Balaban J connectivity index is 1.82. The molecule has 0 spiro atoms. The van der Waals surface area contributed by atoms with Gasteiger partial charge in [0.2, 0.25) is 5.88 Å². The fraction of sp³-hybridized carbons (Fsp3) is 0.486. The molecule has 0 aliphatic carbocycles. The summed E-state index contributed by atoms with van der Waals surface area (Å²) in [5, 5.41) is 9.18. The number of rotatable bonds is 19. The second-order valence-electron chi connectivity index (χ2n) is 11.0. The van der Waals surface area contributed by atoms with Gasteiger partial charge in [-0.2, -0.15) is 13.2 Å². The Morgan fingerprint density at radius 1 is 0.860 bits per heavy atom. The standard InChI is InChI=1S/C35H44F3NO4/c1-3-4-5-6-10-22-43-33-21-19-30(25-39-33)32-24-29(18-20-31(32)28-13-8-7-9-14-28)27(15-11-17-34(40)41)16-12-23-42-26(2)35(36,37)38/h7-9,13-14,18-21,24-27H,3-6,10-12,15-17,22-23H2,1-2H3,(H,40,41). The van der Waals surface area contributed by atoms with Gasteiger partial charge < -0.3 is 14.6 Å².